The van der Waals surface area contributed by atoms with E-state index in [0.29, 0.717) is 5.70 Å². The van der Waals surface area contributed by atoms with Crippen molar-refractivity contribution in [3.63, 3.8) is 0 Å². The summed E-state index contributed by atoms with van der Waals surface area (Å²) in [5.41, 5.74) is 0.602. The fourth-order valence-corrected chi connectivity index (χ4v) is 1.54. The predicted molar refractivity (Wildman–Crippen MR) is 62.4 cm³/mol. The van der Waals surface area contributed by atoms with E-state index in [2.05, 4.69) is 18.5 Å². The van der Waals surface area contributed by atoms with Crippen LogP contribution in [0.1, 0.15) is 19.3 Å². The van der Waals surface area contributed by atoms with Gasteiger partial charge in [-0.3, -0.25) is 0 Å². The number of likely N-dealkylation sites (tertiary alicyclic amines) is 1. The molecule has 3 heteroatoms. The Kier molecular flexibility index (Phi) is 4.68. The molecule has 0 aromatic rings. The van der Waals surface area contributed by atoms with E-state index in [1.54, 1.807) is 18.2 Å². The van der Waals surface area contributed by atoms with Crippen LogP contribution in [0.15, 0.2) is 37.1 Å². The molecule has 1 aliphatic rings. The van der Waals surface area contributed by atoms with Gasteiger partial charge < -0.3 is 10.2 Å². The second kappa shape index (κ2) is 6.06. The van der Waals surface area contributed by atoms with Gasteiger partial charge in [-0.25, -0.2) is 4.79 Å². The van der Waals surface area contributed by atoms with Gasteiger partial charge in [0.05, 0.1) is 0 Å². The lowest BCUT2D eigenvalue weighted by atomic mass is 10.1. The van der Waals surface area contributed by atoms with E-state index < -0.39 is 0 Å². The number of urea groups is 1. The lowest BCUT2D eigenvalue weighted by Gasteiger charge is -2.26. The van der Waals surface area contributed by atoms with Crippen molar-refractivity contribution < 1.29 is 4.79 Å². The molecule has 1 heterocycles. The minimum atomic E-state index is -0.0478. The molecule has 0 aromatic carbocycles. The highest BCUT2D eigenvalue weighted by atomic mass is 16.2. The Morgan fingerprint density at radius 1 is 1.27 bits per heavy atom. The van der Waals surface area contributed by atoms with Crippen LogP contribution in [0.5, 0.6) is 0 Å². The lowest BCUT2D eigenvalue weighted by molar-refractivity contribution is 0.189. The Hall–Kier alpha value is -1.51. The SMILES string of the molecule is C=C/C=C\C(=C)NC(=O)N1CCCCC1. The van der Waals surface area contributed by atoms with Gasteiger partial charge >= 0.3 is 6.03 Å². The first-order valence-corrected chi connectivity index (χ1v) is 5.28. The molecular weight excluding hydrogens is 188 g/mol. The summed E-state index contributed by atoms with van der Waals surface area (Å²) >= 11 is 0. The molecule has 0 atom stereocenters. The Morgan fingerprint density at radius 2 is 1.93 bits per heavy atom. The van der Waals surface area contributed by atoms with E-state index in [1.165, 1.54) is 6.42 Å². The molecule has 0 saturated carbocycles. The third-order valence-corrected chi connectivity index (χ3v) is 2.34. The van der Waals surface area contributed by atoms with Crippen LogP contribution in [0.25, 0.3) is 0 Å². The molecule has 15 heavy (non-hydrogen) atoms. The van der Waals surface area contributed by atoms with E-state index in [-0.39, 0.29) is 6.03 Å². The number of carbonyl (C=O) groups is 1. The summed E-state index contributed by atoms with van der Waals surface area (Å²) in [7, 11) is 0. The normalized spacial score (nSPS) is 16.4. The number of piperidine rings is 1. The van der Waals surface area contributed by atoms with Crippen molar-refractivity contribution in [2.75, 3.05) is 13.1 Å². The van der Waals surface area contributed by atoms with E-state index in [1.807, 2.05) is 4.90 Å². The van der Waals surface area contributed by atoms with Gasteiger partial charge in [0.2, 0.25) is 0 Å². The molecule has 3 nitrogen and oxygen atoms in total. The smallest absolute Gasteiger partial charge is 0.321 e. The van der Waals surface area contributed by atoms with E-state index in [9.17, 15) is 4.79 Å². The van der Waals surface area contributed by atoms with Crippen LogP contribution in [0.2, 0.25) is 0 Å². The van der Waals surface area contributed by atoms with Crippen LogP contribution in [-0.2, 0) is 0 Å². The van der Waals surface area contributed by atoms with Gasteiger partial charge in [-0.05, 0) is 25.3 Å². The van der Waals surface area contributed by atoms with Crippen LogP contribution in [0.3, 0.4) is 0 Å². The van der Waals surface area contributed by atoms with Crippen molar-refractivity contribution >= 4 is 6.03 Å². The van der Waals surface area contributed by atoms with Gasteiger partial charge in [0, 0.05) is 18.8 Å². The van der Waals surface area contributed by atoms with E-state index in [4.69, 9.17) is 0 Å². The summed E-state index contributed by atoms with van der Waals surface area (Å²) in [4.78, 5) is 13.5. The third kappa shape index (κ3) is 4.02. The van der Waals surface area contributed by atoms with Crippen LogP contribution in [0, 0.1) is 0 Å². The van der Waals surface area contributed by atoms with Gasteiger partial charge in [-0.15, -0.1) is 0 Å². The molecular formula is C12H18N2O. The summed E-state index contributed by atoms with van der Waals surface area (Å²) in [6, 6.07) is -0.0478. The van der Waals surface area contributed by atoms with Crippen LogP contribution < -0.4 is 5.32 Å². The Morgan fingerprint density at radius 3 is 2.53 bits per heavy atom. The molecule has 0 radical (unpaired) electrons. The maximum atomic E-state index is 11.7. The van der Waals surface area contributed by atoms with Crippen molar-refractivity contribution in [2.45, 2.75) is 19.3 Å². The predicted octanol–water partition coefficient (Wildman–Crippen LogP) is 2.44. The van der Waals surface area contributed by atoms with Crippen LogP contribution in [0.4, 0.5) is 4.79 Å². The number of rotatable bonds is 3. The summed E-state index contributed by atoms with van der Waals surface area (Å²) in [5, 5.41) is 2.74. The topological polar surface area (TPSA) is 32.3 Å². The van der Waals surface area contributed by atoms with Crippen molar-refractivity contribution in [1.82, 2.24) is 10.2 Å². The number of hydrogen-bond donors (Lipinski definition) is 1. The lowest BCUT2D eigenvalue weighted by Crippen LogP contribution is -2.42. The second-order valence-corrected chi connectivity index (χ2v) is 3.60. The average Bonchev–Trinajstić information content (AvgIpc) is 2.27. The molecule has 2 amide bonds. The third-order valence-electron chi connectivity index (χ3n) is 2.34. The second-order valence-electron chi connectivity index (χ2n) is 3.60. The van der Waals surface area contributed by atoms with Gasteiger partial charge in [-0.2, -0.15) is 0 Å². The largest absolute Gasteiger partial charge is 0.325 e. The molecule has 1 saturated heterocycles. The highest BCUT2D eigenvalue weighted by Gasteiger charge is 2.15. The minimum Gasteiger partial charge on any atom is -0.325 e. The molecule has 1 N–H and O–H groups in total. The van der Waals surface area contributed by atoms with Crippen molar-refractivity contribution in [3.8, 4) is 0 Å². The molecule has 1 aliphatic heterocycles. The van der Waals surface area contributed by atoms with Crippen molar-refractivity contribution in [2.24, 2.45) is 0 Å². The molecule has 1 fully saturated rings. The molecule has 0 bridgehead atoms. The number of amides is 2. The molecule has 0 aliphatic carbocycles. The highest BCUT2D eigenvalue weighted by Crippen LogP contribution is 2.08. The first kappa shape index (κ1) is 11.6. The van der Waals surface area contributed by atoms with Crippen molar-refractivity contribution in [1.29, 1.82) is 0 Å². The van der Waals surface area contributed by atoms with E-state index in [0.717, 1.165) is 25.9 Å². The Balaban J connectivity index is 2.36. The fourth-order valence-electron chi connectivity index (χ4n) is 1.54. The summed E-state index contributed by atoms with van der Waals surface area (Å²) in [6.07, 6.45) is 8.55. The van der Waals surface area contributed by atoms with Crippen molar-refractivity contribution in [3.05, 3.63) is 37.1 Å². The van der Waals surface area contributed by atoms with E-state index >= 15 is 0 Å². The summed E-state index contributed by atoms with van der Waals surface area (Å²) in [5.74, 6) is 0. The minimum absolute atomic E-state index is 0.0478. The molecule has 0 unspecified atom stereocenters. The van der Waals surface area contributed by atoms with Crippen LogP contribution in [-0.4, -0.2) is 24.0 Å². The maximum absolute atomic E-state index is 11.7. The first-order chi connectivity index (χ1) is 7.24. The number of nitrogens with one attached hydrogen (secondary N) is 1. The van der Waals surface area contributed by atoms with Gasteiger partial charge in [-0.1, -0.05) is 25.3 Å². The van der Waals surface area contributed by atoms with Gasteiger partial charge in [0.1, 0.15) is 0 Å². The molecule has 82 valence electrons. The number of allylic oxidation sites excluding steroid dienone is 3. The summed E-state index contributed by atoms with van der Waals surface area (Å²) < 4.78 is 0. The van der Waals surface area contributed by atoms with Crippen LogP contribution >= 0.6 is 0 Å². The quantitative estimate of drug-likeness (QED) is 0.707. The zero-order valence-electron chi connectivity index (χ0n) is 9.04. The molecule has 0 aromatic heterocycles. The number of hydrogen-bond acceptors (Lipinski definition) is 1. The fraction of sp³-hybridized carbons (Fsp3) is 0.417. The number of carbonyl (C=O) groups excluding carboxylic acids is 1. The van der Waals surface area contributed by atoms with Gasteiger partial charge in [0.15, 0.2) is 0 Å². The molecule has 0 spiro atoms. The maximum Gasteiger partial charge on any atom is 0.321 e. The zero-order valence-corrected chi connectivity index (χ0v) is 9.04. The Bertz CT molecular complexity index is 275. The number of nitrogens with zero attached hydrogens (tertiary/aromatic N) is 1. The molecule has 1 rings (SSSR count). The zero-order chi connectivity index (χ0) is 11.1. The monoisotopic (exact) mass is 206 g/mol. The summed E-state index contributed by atoms with van der Waals surface area (Å²) in [6.45, 7) is 8.99. The standard InChI is InChI=1S/C12H18N2O/c1-3-4-8-11(2)13-12(15)14-9-6-5-7-10-14/h3-4,8H,1-2,5-7,9-10H2,(H,13,15)/b8-4-. The first-order valence-electron chi connectivity index (χ1n) is 5.28. The Labute approximate surface area is 91.2 Å². The average molecular weight is 206 g/mol. The highest BCUT2D eigenvalue weighted by molar-refractivity contribution is 5.76. The van der Waals surface area contributed by atoms with Gasteiger partial charge in [0.25, 0.3) is 0 Å².